The normalized spacial score (nSPS) is 27.8. The van der Waals surface area contributed by atoms with Gasteiger partial charge in [0.2, 0.25) is 0 Å². The highest BCUT2D eigenvalue weighted by atomic mass is 35.5. The lowest BCUT2D eigenvalue weighted by Gasteiger charge is -2.28. The number of aromatic amines is 1. The molecule has 2 aromatic heterocycles. The van der Waals surface area contributed by atoms with Crippen molar-refractivity contribution in [2.24, 2.45) is 0 Å². The van der Waals surface area contributed by atoms with Crippen LogP contribution in [0.4, 0.5) is 5.69 Å². The van der Waals surface area contributed by atoms with Crippen LogP contribution < -0.4 is 9.64 Å². The van der Waals surface area contributed by atoms with Crippen molar-refractivity contribution in [1.29, 1.82) is 0 Å². The van der Waals surface area contributed by atoms with Crippen LogP contribution in [0.2, 0.25) is 5.02 Å². The maximum Gasteiger partial charge on any atom is 0.296 e. The largest absolute Gasteiger partial charge is 0.456 e. The summed E-state index contributed by atoms with van der Waals surface area (Å²) in [5.41, 5.74) is 3.93. The highest BCUT2D eigenvalue weighted by molar-refractivity contribution is 6.33. The number of anilines is 1. The van der Waals surface area contributed by atoms with Crippen LogP contribution in [-0.4, -0.2) is 84.0 Å². The van der Waals surface area contributed by atoms with Gasteiger partial charge in [-0.2, -0.15) is 4.98 Å². The minimum Gasteiger partial charge on any atom is -0.456 e. The molecule has 10 heteroatoms. The van der Waals surface area contributed by atoms with Crippen molar-refractivity contribution in [3.8, 4) is 17.3 Å². The van der Waals surface area contributed by atoms with Gasteiger partial charge in [-0.05, 0) is 18.2 Å². The Morgan fingerprint density at radius 2 is 1.84 bits per heavy atom. The number of halogens is 1. The lowest BCUT2D eigenvalue weighted by molar-refractivity contribution is 0.00706. The standard InChI is InChI=1S/C22H23ClN4O5/c23-14-9-15-21(26-22(24-15)32-17-11-31-19-16(28)10-30-20(17)19)25-18(14)12-1-3-13(4-2-12)27-5-7-29-8-6-27/h1-4,9,16-17,19-20,28H,5-8,10-11H2,(H,24,25,26). The average Bonchev–Trinajstić information content (AvgIpc) is 3.51. The number of nitrogens with one attached hydrogen (secondary N) is 1. The van der Waals surface area contributed by atoms with E-state index in [9.17, 15) is 5.11 Å². The molecule has 0 bridgehead atoms. The van der Waals surface area contributed by atoms with E-state index >= 15 is 0 Å². The number of morpholine rings is 1. The van der Waals surface area contributed by atoms with Crippen molar-refractivity contribution in [3.05, 3.63) is 35.4 Å². The molecule has 168 valence electrons. The predicted molar refractivity (Wildman–Crippen MR) is 117 cm³/mol. The molecule has 3 aliphatic heterocycles. The van der Waals surface area contributed by atoms with Gasteiger partial charge in [0, 0.05) is 24.3 Å². The highest BCUT2D eigenvalue weighted by Gasteiger charge is 2.48. The Morgan fingerprint density at radius 3 is 2.66 bits per heavy atom. The summed E-state index contributed by atoms with van der Waals surface area (Å²) in [6.45, 7) is 3.85. The zero-order valence-electron chi connectivity index (χ0n) is 17.2. The summed E-state index contributed by atoms with van der Waals surface area (Å²) < 4.78 is 22.6. The Bertz CT molecular complexity index is 1120. The van der Waals surface area contributed by atoms with Gasteiger partial charge in [-0.3, -0.25) is 0 Å². The van der Waals surface area contributed by atoms with Crippen molar-refractivity contribution in [1.82, 2.24) is 15.0 Å². The maximum atomic E-state index is 9.90. The molecule has 6 rings (SSSR count). The number of imidazole rings is 1. The van der Waals surface area contributed by atoms with Gasteiger partial charge in [0.05, 0.1) is 42.7 Å². The van der Waals surface area contributed by atoms with Crippen molar-refractivity contribution in [2.75, 3.05) is 44.4 Å². The molecule has 4 atom stereocenters. The number of aliphatic hydroxyl groups is 1. The average molecular weight is 459 g/mol. The van der Waals surface area contributed by atoms with Crippen LogP contribution in [-0.2, 0) is 14.2 Å². The molecule has 3 saturated heterocycles. The van der Waals surface area contributed by atoms with Crippen LogP contribution in [0.15, 0.2) is 30.3 Å². The quantitative estimate of drug-likeness (QED) is 0.612. The molecular weight excluding hydrogens is 436 g/mol. The number of fused-ring (bicyclic) bond motifs is 2. The third kappa shape index (κ3) is 3.60. The molecule has 0 radical (unpaired) electrons. The van der Waals surface area contributed by atoms with E-state index in [-0.39, 0.29) is 24.9 Å². The zero-order valence-corrected chi connectivity index (χ0v) is 18.0. The van der Waals surface area contributed by atoms with Gasteiger partial charge in [-0.15, -0.1) is 0 Å². The molecule has 32 heavy (non-hydrogen) atoms. The van der Waals surface area contributed by atoms with Gasteiger partial charge >= 0.3 is 0 Å². The second kappa shape index (κ2) is 8.17. The monoisotopic (exact) mass is 458 g/mol. The summed E-state index contributed by atoms with van der Waals surface area (Å²) in [5, 5.41) is 10.4. The van der Waals surface area contributed by atoms with Crippen LogP contribution in [0.25, 0.3) is 22.4 Å². The second-order valence-corrected chi connectivity index (χ2v) is 8.60. The first kappa shape index (κ1) is 20.2. The Hall–Kier alpha value is -2.43. The topological polar surface area (TPSA) is 102 Å². The molecule has 1 aromatic carbocycles. The van der Waals surface area contributed by atoms with E-state index in [2.05, 4.69) is 32.0 Å². The lowest BCUT2D eigenvalue weighted by Crippen LogP contribution is -2.36. The minimum atomic E-state index is -0.623. The summed E-state index contributed by atoms with van der Waals surface area (Å²) >= 11 is 6.55. The minimum absolute atomic E-state index is 0.250. The molecule has 0 amide bonds. The first-order chi connectivity index (χ1) is 15.7. The Kier molecular flexibility index (Phi) is 5.15. The van der Waals surface area contributed by atoms with E-state index in [1.54, 1.807) is 6.07 Å². The molecule has 0 aliphatic carbocycles. The Morgan fingerprint density at radius 1 is 1.06 bits per heavy atom. The first-order valence-corrected chi connectivity index (χ1v) is 11.1. The fourth-order valence-electron chi connectivity index (χ4n) is 4.49. The summed E-state index contributed by atoms with van der Waals surface area (Å²) in [6.07, 6.45) is -1.64. The SMILES string of the molecule is OC1COC2C(Oc3nc4nc(-c5ccc(N6CCOCC6)cc5)c(Cl)cc4[nH]3)COC12. The fraction of sp³-hybridized carbons (Fsp3) is 0.455. The predicted octanol–water partition coefficient (Wildman–Crippen LogP) is 2.02. The summed E-state index contributed by atoms with van der Waals surface area (Å²) in [6, 6.07) is 10.3. The number of rotatable bonds is 4. The van der Waals surface area contributed by atoms with Crippen molar-refractivity contribution >= 4 is 28.5 Å². The van der Waals surface area contributed by atoms with Gasteiger partial charge in [0.15, 0.2) is 11.8 Å². The maximum absolute atomic E-state index is 9.90. The van der Waals surface area contributed by atoms with Gasteiger partial charge in [-0.1, -0.05) is 23.7 Å². The second-order valence-electron chi connectivity index (χ2n) is 8.20. The summed E-state index contributed by atoms with van der Waals surface area (Å²) in [7, 11) is 0. The summed E-state index contributed by atoms with van der Waals surface area (Å²) in [4.78, 5) is 14.6. The number of aromatic nitrogens is 3. The third-order valence-corrected chi connectivity index (χ3v) is 6.45. The number of benzene rings is 1. The smallest absolute Gasteiger partial charge is 0.296 e. The number of pyridine rings is 1. The van der Waals surface area contributed by atoms with Crippen molar-refractivity contribution in [3.63, 3.8) is 0 Å². The molecule has 0 spiro atoms. The van der Waals surface area contributed by atoms with Crippen LogP contribution in [0.1, 0.15) is 0 Å². The van der Waals surface area contributed by atoms with Gasteiger partial charge in [0.25, 0.3) is 6.01 Å². The number of aliphatic hydroxyl groups excluding tert-OH is 1. The molecule has 0 saturated carbocycles. The van der Waals surface area contributed by atoms with Gasteiger partial charge in [-0.25, -0.2) is 4.98 Å². The lowest BCUT2D eigenvalue weighted by atomic mass is 10.1. The molecule has 3 aliphatic rings. The van der Waals surface area contributed by atoms with Gasteiger partial charge in [0.1, 0.15) is 18.3 Å². The van der Waals surface area contributed by atoms with Crippen molar-refractivity contribution < 1.29 is 24.1 Å². The molecule has 5 heterocycles. The fourth-order valence-corrected chi connectivity index (χ4v) is 4.75. The van der Waals surface area contributed by atoms with E-state index in [0.717, 1.165) is 37.6 Å². The molecule has 9 nitrogen and oxygen atoms in total. The Labute approximate surface area is 189 Å². The van der Waals surface area contributed by atoms with E-state index in [0.29, 0.717) is 34.5 Å². The van der Waals surface area contributed by atoms with E-state index in [1.807, 2.05) is 12.1 Å². The van der Waals surface area contributed by atoms with Crippen LogP contribution in [0, 0.1) is 0 Å². The van der Waals surface area contributed by atoms with Gasteiger partial charge < -0.3 is 33.9 Å². The molecule has 2 N–H and O–H groups in total. The van der Waals surface area contributed by atoms with Crippen molar-refractivity contribution in [2.45, 2.75) is 24.4 Å². The number of H-pyrrole nitrogens is 1. The molecular formula is C22H23ClN4O5. The number of hydrogen-bond acceptors (Lipinski definition) is 8. The van der Waals surface area contributed by atoms with Crippen LogP contribution in [0.3, 0.4) is 0 Å². The molecule has 4 unspecified atom stereocenters. The molecule has 3 fully saturated rings. The third-order valence-electron chi connectivity index (χ3n) is 6.17. The molecule has 3 aromatic rings. The van der Waals surface area contributed by atoms with Crippen LogP contribution >= 0.6 is 11.6 Å². The zero-order chi connectivity index (χ0) is 21.7. The number of hydrogen-bond donors (Lipinski definition) is 2. The summed E-state index contributed by atoms with van der Waals surface area (Å²) in [5.74, 6) is 0. The number of nitrogens with zero attached hydrogens (tertiary/aromatic N) is 3. The van der Waals surface area contributed by atoms with E-state index in [4.69, 9.17) is 30.5 Å². The van der Waals surface area contributed by atoms with E-state index < -0.39 is 6.10 Å². The first-order valence-electron chi connectivity index (χ1n) is 10.7. The highest BCUT2D eigenvalue weighted by Crippen LogP contribution is 2.32. The van der Waals surface area contributed by atoms with E-state index in [1.165, 1.54) is 0 Å². The Balaban J connectivity index is 1.23. The van der Waals surface area contributed by atoms with Crippen LogP contribution in [0.5, 0.6) is 6.01 Å². The number of ether oxygens (including phenoxy) is 4.